The van der Waals surface area contributed by atoms with Gasteiger partial charge in [-0.2, -0.15) is 5.10 Å². The number of rotatable bonds is 6. The summed E-state index contributed by atoms with van der Waals surface area (Å²) in [4.78, 5) is 19.0. The molecule has 3 heterocycles. The number of amides is 2. The molecule has 1 aliphatic heterocycles. The number of aromatic amines is 1. The average molecular weight is 396 g/mol. The molecule has 1 fully saturated rings. The number of fused-ring (bicyclic) bond motifs is 1. The predicted octanol–water partition coefficient (Wildman–Crippen LogP) is 2.04. The predicted molar refractivity (Wildman–Crippen MR) is 110 cm³/mol. The number of aromatic nitrogens is 3. The molecule has 0 saturated carbocycles. The fourth-order valence-corrected chi connectivity index (χ4v) is 3.43. The maximum Gasteiger partial charge on any atom is 0.320 e. The molecule has 9 nitrogen and oxygen atoms in total. The van der Waals surface area contributed by atoms with Crippen LogP contribution in [-0.2, 0) is 4.74 Å². The first-order valence-corrected chi connectivity index (χ1v) is 9.65. The quantitative estimate of drug-likeness (QED) is 0.507. The molecule has 29 heavy (non-hydrogen) atoms. The van der Waals surface area contributed by atoms with Gasteiger partial charge in [0.1, 0.15) is 5.82 Å². The summed E-state index contributed by atoms with van der Waals surface area (Å²) in [5, 5.41) is 23.3. The number of urea groups is 1. The number of carbonyl (C=O) groups excluding carboxylic acids is 1. The number of pyridine rings is 1. The van der Waals surface area contributed by atoms with Crippen LogP contribution in [0.3, 0.4) is 0 Å². The highest BCUT2D eigenvalue weighted by molar-refractivity contribution is 5.94. The summed E-state index contributed by atoms with van der Waals surface area (Å²) in [6, 6.07) is 10.6. The normalized spacial score (nSPS) is 15.3. The number of nitrogens with zero attached hydrogens (tertiary/aromatic N) is 3. The Kier molecular flexibility index (Phi) is 5.87. The van der Waals surface area contributed by atoms with E-state index in [1.54, 1.807) is 12.3 Å². The Balaban J connectivity index is 1.45. The summed E-state index contributed by atoms with van der Waals surface area (Å²) in [6.07, 6.45) is 2.13. The molecule has 0 radical (unpaired) electrons. The third-order valence-corrected chi connectivity index (χ3v) is 4.90. The summed E-state index contributed by atoms with van der Waals surface area (Å²) in [5.41, 5.74) is 1.73. The zero-order chi connectivity index (χ0) is 20.1. The van der Waals surface area contributed by atoms with E-state index in [4.69, 9.17) is 4.74 Å². The van der Waals surface area contributed by atoms with Crippen molar-refractivity contribution in [3.8, 4) is 0 Å². The maximum absolute atomic E-state index is 12.5. The molecule has 9 heteroatoms. The Morgan fingerprint density at radius 1 is 1.28 bits per heavy atom. The van der Waals surface area contributed by atoms with Gasteiger partial charge < -0.3 is 20.1 Å². The first-order chi connectivity index (χ1) is 14.2. The fourth-order valence-electron chi connectivity index (χ4n) is 3.43. The second kappa shape index (κ2) is 8.89. The van der Waals surface area contributed by atoms with Crippen molar-refractivity contribution in [1.82, 2.24) is 20.5 Å². The molecule has 152 valence electrons. The van der Waals surface area contributed by atoms with Gasteiger partial charge in [-0.05, 0) is 12.0 Å². The third-order valence-electron chi connectivity index (χ3n) is 4.90. The van der Waals surface area contributed by atoms with Crippen LogP contribution in [0, 0.1) is 0 Å². The van der Waals surface area contributed by atoms with Crippen molar-refractivity contribution in [2.45, 2.75) is 12.5 Å². The standard InChI is InChI=1S/C20H24N6O3/c27-9-6-16(14-4-2-1-3-5-14)22-20(28)23-18-12-17-15(13-21-18)19(25-24-17)26-7-10-29-11-8-26/h1-5,12-13,16,27H,6-11H2,(H,24,25)(H2,21,22,23,28). The van der Waals surface area contributed by atoms with Gasteiger partial charge in [-0.1, -0.05) is 30.3 Å². The minimum Gasteiger partial charge on any atom is -0.396 e. The molecule has 1 aliphatic rings. The van der Waals surface area contributed by atoms with Crippen molar-refractivity contribution in [2.75, 3.05) is 43.1 Å². The molecule has 0 aliphatic carbocycles. The minimum atomic E-state index is -0.382. The Bertz CT molecular complexity index is 955. The molecule has 3 aromatic rings. The largest absolute Gasteiger partial charge is 0.396 e. The highest BCUT2D eigenvalue weighted by atomic mass is 16.5. The van der Waals surface area contributed by atoms with Crippen LogP contribution in [0.4, 0.5) is 16.4 Å². The van der Waals surface area contributed by atoms with E-state index in [1.807, 2.05) is 30.3 Å². The molecule has 2 amide bonds. The molecule has 4 N–H and O–H groups in total. The van der Waals surface area contributed by atoms with E-state index in [1.165, 1.54) is 0 Å². The van der Waals surface area contributed by atoms with Crippen molar-refractivity contribution in [3.05, 3.63) is 48.2 Å². The van der Waals surface area contributed by atoms with Gasteiger partial charge in [0.05, 0.1) is 30.2 Å². The van der Waals surface area contributed by atoms with Crippen molar-refractivity contribution < 1.29 is 14.6 Å². The Morgan fingerprint density at radius 3 is 2.83 bits per heavy atom. The van der Waals surface area contributed by atoms with Crippen molar-refractivity contribution >= 4 is 28.6 Å². The molecular formula is C20H24N6O3. The monoisotopic (exact) mass is 396 g/mol. The van der Waals surface area contributed by atoms with Crippen LogP contribution in [-0.4, -0.2) is 59.2 Å². The van der Waals surface area contributed by atoms with Gasteiger partial charge in [-0.15, -0.1) is 0 Å². The van der Waals surface area contributed by atoms with Crippen LogP contribution in [0.25, 0.3) is 10.9 Å². The van der Waals surface area contributed by atoms with Crippen LogP contribution >= 0.6 is 0 Å². The number of carbonyl (C=O) groups is 1. The number of ether oxygens (including phenoxy) is 1. The van der Waals surface area contributed by atoms with Gasteiger partial charge >= 0.3 is 6.03 Å². The molecule has 1 unspecified atom stereocenters. The number of aliphatic hydroxyl groups is 1. The second-order valence-corrected chi connectivity index (χ2v) is 6.84. The number of benzene rings is 1. The number of hydrogen-bond acceptors (Lipinski definition) is 6. The molecule has 1 saturated heterocycles. The highest BCUT2D eigenvalue weighted by Gasteiger charge is 2.18. The van der Waals surface area contributed by atoms with Crippen molar-refractivity contribution in [2.24, 2.45) is 0 Å². The SMILES string of the molecule is O=C(Nc1cc2[nH]nc(N3CCOCC3)c2cn1)NC(CCO)c1ccccc1. The summed E-state index contributed by atoms with van der Waals surface area (Å²) in [6.45, 7) is 2.90. The minimum absolute atomic E-state index is 0.0253. The molecular weight excluding hydrogens is 372 g/mol. The number of aliphatic hydroxyl groups excluding tert-OH is 1. The lowest BCUT2D eigenvalue weighted by molar-refractivity contribution is 0.122. The van der Waals surface area contributed by atoms with Gasteiger partial charge in [-0.25, -0.2) is 9.78 Å². The first-order valence-electron chi connectivity index (χ1n) is 9.65. The molecule has 0 spiro atoms. The van der Waals surface area contributed by atoms with E-state index < -0.39 is 0 Å². The third kappa shape index (κ3) is 4.47. The van der Waals surface area contributed by atoms with Gasteiger partial charge in [-0.3, -0.25) is 10.4 Å². The smallest absolute Gasteiger partial charge is 0.320 e. The zero-order valence-electron chi connectivity index (χ0n) is 16.0. The van der Waals surface area contributed by atoms with E-state index >= 15 is 0 Å². The number of hydrogen-bond donors (Lipinski definition) is 4. The van der Waals surface area contributed by atoms with Crippen LogP contribution in [0.15, 0.2) is 42.6 Å². The van der Waals surface area contributed by atoms with Gasteiger partial charge in [0, 0.05) is 32.0 Å². The first kappa shape index (κ1) is 19.2. The van der Waals surface area contributed by atoms with Crippen LogP contribution in [0.5, 0.6) is 0 Å². The average Bonchev–Trinajstić information content (AvgIpc) is 3.18. The Morgan fingerprint density at radius 2 is 2.07 bits per heavy atom. The van der Waals surface area contributed by atoms with Gasteiger partial charge in [0.15, 0.2) is 5.82 Å². The molecule has 4 rings (SSSR count). The summed E-state index contributed by atoms with van der Waals surface area (Å²) in [7, 11) is 0. The summed E-state index contributed by atoms with van der Waals surface area (Å²) in [5.74, 6) is 1.27. The molecule has 2 aromatic heterocycles. The van der Waals surface area contributed by atoms with Gasteiger partial charge in [0.2, 0.25) is 0 Å². The summed E-state index contributed by atoms with van der Waals surface area (Å²) >= 11 is 0. The lowest BCUT2D eigenvalue weighted by Gasteiger charge is -2.26. The Hall–Kier alpha value is -3.17. The van der Waals surface area contributed by atoms with Gasteiger partial charge in [0.25, 0.3) is 0 Å². The van der Waals surface area contributed by atoms with Crippen LogP contribution < -0.4 is 15.5 Å². The lowest BCUT2D eigenvalue weighted by atomic mass is 10.0. The van der Waals surface area contributed by atoms with Crippen molar-refractivity contribution in [1.29, 1.82) is 0 Å². The number of nitrogens with one attached hydrogen (secondary N) is 3. The number of morpholine rings is 1. The molecule has 0 bridgehead atoms. The lowest BCUT2D eigenvalue weighted by Crippen LogP contribution is -2.36. The molecule has 1 atom stereocenters. The van der Waals surface area contributed by atoms with Crippen LogP contribution in [0.1, 0.15) is 18.0 Å². The maximum atomic E-state index is 12.5. The van der Waals surface area contributed by atoms with Crippen molar-refractivity contribution in [3.63, 3.8) is 0 Å². The Labute approximate surface area is 168 Å². The van der Waals surface area contributed by atoms with E-state index in [0.29, 0.717) is 25.5 Å². The number of anilines is 2. The second-order valence-electron chi connectivity index (χ2n) is 6.84. The number of H-pyrrole nitrogens is 1. The van der Waals surface area contributed by atoms with Crippen LogP contribution in [0.2, 0.25) is 0 Å². The van der Waals surface area contributed by atoms with E-state index in [-0.39, 0.29) is 18.7 Å². The van der Waals surface area contributed by atoms with E-state index in [0.717, 1.165) is 35.4 Å². The zero-order valence-corrected chi connectivity index (χ0v) is 16.0. The highest BCUT2D eigenvalue weighted by Crippen LogP contribution is 2.25. The van der Waals surface area contributed by atoms with E-state index in [2.05, 4.69) is 30.7 Å². The van der Waals surface area contributed by atoms with E-state index in [9.17, 15) is 9.90 Å². The fraction of sp³-hybridized carbons (Fsp3) is 0.350. The molecule has 1 aromatic carbocycles. The summed E-state index contributed by atoms with van der Waals surface area (Å²) < 4.78 is 5.39. The topological polar surface area (TPSA) is 115 Å².